The second-order valence-electron chi connectivity index (χ2n) is 4.64. The van der Waals surface area contributed by atoms with E-state index in [-0.39, 0.29) is 11.9 Å². The van der Waals surface area contributed by atoms with E-state index in [4.69, 9.17) is 0 Å². The SMILES string of the molecule is CCNC(c1csc(Br)c1)c1cc(C)c(F)c(C)c1. The van der Waals surface area contributed by atoms with Crippen molar-refractivity contribution in [3.63, 3.8) is 0 Å². The van der Waals surface area contributed by atoms with Gasteiger partial charge in [-0.15, -0.1) is 11.3 Å². The van der Waals surface area contributed by atoms with Gasteiger partial charge in [0.1, 0.15) is 5.82 Å². The normalized spacial score (nSPS) is 12.7. The van der Waals surface area contributed by atoms with Crippen molar-refractivity contribution >= 4 is 27.3 Å². The van der Waals surface area contributed by atoms with Crippen LogP contribution in [0.3, 0.4) is 0 Å². The van der Waals surface area contributed by atoms with E-state index in [1.807, 2.05) is 26.0 Å². The Morgan fingerprint density at radius 2 is 1.84 bits per heavy atom. The number of rotatable bonds is 4. The molecule has 1 nitrogen and oxygen atoms in total. The van der Waals surface area contributed by atoms with Crippen LogP contribution in [0.1, 0.15) is 35.2 Å². The molecule has 19 heavy (non-hydrogen) atoms. The van der Waals surface area contributed by atoms with Crippen molar-refractivity contribution in [1.29, 1.82) is 0 Å². The standard InChI is InChI=1S/C15H17BrFNS/c1-4-18-15(12-7-13(16)19-8-12)11-5-9(2)14(17)10(3)6-11/h5-8,15,18H,4H2,1-3H3. The molecule has 0 saturated heterocycles. The highest BCUT2D eigenvalue weighted by Gasteiger charge is 2.16. The third kappa shape index (κ3) is 3.25. The number of thiophene rings is 1. The van der Waals surface area contributed by atoms with Crippen molar-refractivity contribution in [3.8, 4) is 0 Å². The zero-order valence-electron chi connectivity index (χ0n) is 11.3. The Morgan fingerprint density at radius 1 is 1.21 bits per heavy atom. The van der Waals surface area contributed by atoms with Crippen molar-refractivity contribution in [2.24, 2.45) is 0 Å². The maximum Gasteiger partial charge on any atom is 0.129 e. The van der Waals surface area contributed by atoms with Gasteiger partial charge in [-0.1, -0.05) is 19.1 Å². The van der Waals surface area contributed by atoms with Crippen LogP contribution in [-0.4, -0.2) is 6.54 Å². The van der Waals surface area contributed by atoms with Crippen LogP contribution in [0.25, 0.3) is 0 Å². The minimum Gasteiger partial charge on any atom is -0.307 e. The molecule has 1 aromatic heterocycles. The fraction of sp³-hybridized carbons (Fsp3) is 0.333. The van der Waals surface area contributed by atoms with Gasteiger partial charge >= 0.3 is 0 Å². The molecule has 0 fully saturated rings. The van der Waals surface area contributed by atoms with Gasteiger partial charge in [0, 0.05) is 0 Å². The molecule has 1 unspecified atom stereocenters. The highest BCUT2D eigenvalue weighted by molar-refractivity contribution is 9.11. The van der Waals surface area contributed by atoms with Crippen LogP contribution < -0.4 is 5.32 Å². The molecular weight excluding hydrogens is 325 g/mol. The van der Waals surface area contributed by atoms with Crippen LogP contribution in [0, 0.1) is 19.7 Å². The quantitative estimate of drug-likeness (QED) is 0.828. The Morgan fingerprint density at radius 3 is 2.32 bits per heavy atom. The summed E-state index contributed by atoms with van der Waals surface area (Å²) < 4.78 is 14.9. The van der Waals surface area contributed by atoms with E-state index >= 15 is 0 Å². The van der Waals surface area contributed by atoms with Gasteiger partial charge in [-0.05, 0) is 70.0 Å². The molecule has 4 heteroatoms. The minimum absolute atomic E-state index is 0.106. The van der Waals surface area contributed by atoms with Crippen LogP contribution in [0.2, 0.25) is 0 Å². The van der Waals surface area contributed by atoms with Crippen molar-refractivity contribution in [2.75, 3.05) is 6.54 Å². The zero-order valence-corrected chi connectivity index (χ0v) is 13.7. The van der Waals surface area contributed by atoms with E-state index in [9.17, 15) is 4.39 Å². The molecule has 1 N–H and O–H groups in total. The molecular formula is C15H17BrFNS. The third-order valence-electron chi connectivity index (χ3n) is 3.12. The molecule has 0 saturated carbocycles. The van der Waals surface area contributed by atoms with Crippen LogP contribution in [0.4, 0.5) is 4.39 Å². The molecule has 0 aliphatic heterocycles. The number of nitrogens with one attached hydrogen (secondary N) is 1. The lowest BCUT2D eigenvalue weighted by atomic mass is 9.97. The first kappa shape index (κ1) is 14.7. The predicted octanol–water partition coefficient (Wildman–Crippen LogP) is 4.97. The summed E-state index contributed by atoms with van der Waals surface area (Å²) in [5, 5.41) is 5.60. The second-order valence-corrected chi connectivity index (χ2v) is 6.93. The Hall–Kier alpha value is -0.710. The third-order valence-corrected chi connectivity index (χ3v) is 4.64. The Labute approximate surface area is 126 Å². The van der Waals surface area contributed by atoms with Crippen LogP contribution >= 0.6 is 27.3 Å². The zero-order chi connectivity index (χ0) is 14.0. The van der Waals surface area contributed by atoms with Crippen LogP contribution in [-0.2, 0) is 0 Å². The van der Waals surface area contributed by atoms with E-state index < -0.39 is 0 Å². The molecule has 1 atom stereocenters. The summed E-state index contributed by atoms with van der Waals surface area (Å²) in [7, 11) is 0. The average Bonchev–Trinajstić information content (AvgIpc) is 2.79. The molecule has 0 bridgehead atoms. The van der Waals surface area contributed by atoms with Gasteiger partial charge < -0.3 is 5.32 Å². The summed E-state index contributed by atoms with van der Waals surface area (Å²) in [5.74, 6) is -0.106. The average molecular weight is 342 g/mol. The Bertz CT molecular complexity index is 556. The van der Waals surface area contributed by atoms with Gasteiger partial charge in [0.05, 0.1) is 9.83 Å². The van der Waals surface area contributed by atoms with Crippen molar-refractivity contribution in [1.82, 2.24) is 5.32 Å². The van der Waals surface area contributed by atoms with Gasteiger partial charge in [-0.3, -0.25) is 0 Å². The summed E-state index contributed by atoms with van der Waals surface area (Å²) in [6, 6.07) is 6.10. The largest absolute Gasteiger partial charge is 0.307 e. The van der Waals surface area contributed by atoms with Gasteiger partial charge in [0.2, 0.25) is 0 Å². The van der Waals surface area contributed by atoms with E-state index in [0.29, 0.717) is 11.1 Å². The highest BCUT2D eigenvalue weighted by Crippen LogP contribution is 2.30. The summed E-state index contributed by atoms with van der Waals surface area (Å²) in [5.41, 5.74) is 3.73. The fourth-order valence-electron chi connectivity index (χ4n) is 2.25. The fourth-order valence-corrected chi connectivity index (χ4v) is 3.45. The minimum atomic E-state index is -0.106. The van der Waals surface area contributed by atoms with Gasteiger partial charge in [-0.25, -0.2) is 4.39 Å². The summed E-state index contributed by atoms with van der Waals surface area (Å²) >= 11 is 5.16. The monoisotopic (exact) mass is 341 g/mol. The maximum atomic E-state index is 13.7. The molecule has 1 aromatic carbocycles. The molecule has 0 spiro atoms. The molecule has 0 aliphatic rings. The molecule has 2 rings (SSSR count). The molecule has 2 aromatic rings. The number of benzene rings is 1. The number of aryl methyl sites for hydroxylation is 2. The lowest BCUT2D eigenvalue weighted by Crippen LogP contribution is -2.21. The molecule has 1 heterocycles. The number of hydrogen-bond donors (Lipinski definition) is 1. The maximum absolute atomic E-state index is 13.7. The van der Waals surface area contributed by atoms with Gasteiger partial charge in [-0.2, -0.15) is 0 Å². The first-order valence-electron chi connectivity index (χ1n) is 6.27. The molecule has 0 aliphatic carbocycles. The first-order chi connectivity index (χ1) is 9.02. The van der Waals surface area contributed by atoms with Crippen molar-refractivity contribution < 1.29 is 4.39 Å². The topological polar surface area (TPSA) is 12.0 Å². The number of hydrogen-bond acceptors (Lipinski definition) is 2. The predicted molar refractivity (Wildman–Crippen MR) is 83.4 cm³/mol. The summed E-state index contributed by atoms with van der Waals surface area (Å²) in [4.78, 5) is 0. The lowest BCUT2D eigenvalue weighted by molar-refractivity contribution is 0.599. The molecule has 102 valence electrons. The van der Waals surface area contributed by atoms with Crippen LogP contribution in [0.5, 0.6) is 0 Å². The molecule has 0 amide bonds. The summed E-state index contributed by atoms with van der Waals surface area (Å²) in [6.07, 6.45) is 0. The Balaban J connectivity index is 2.44. The van der Waals surface area contributed by atoms with E-state index in [1.54, 1.807) is 11.3 Å². The van der Waals surface area contributed by atoms with E-state index in [2.05, 4.69) is 39.6 Å². The molecule has 0 radical (unpaired) electrons. The number of halogens is 2. The smallest absolute Gasteiger partial charge is 0.129 e. The summed E-state index contributed by atoms with van der Waals surface area (Å²) in [6.45, 7) is 6.59. The van der Waals surface area contributed by atoms with Gasteiger partial charge in [0.15, 0.2) is 0 Å². The second kappa shape index (κ2) is 6.16. The Kier molecular flexibility index (Phi) is 4.76. The van der Waals surface area contributed by atoms with E-state index in [0.717, 1.165) is 15.9 Å². The first-order valence-corrected chi connectivity index (χ1v) is 7.94. The van der Waals surface area contributed by atoms with Crippen LogP contribution in [0.15, 0.2) is 27.4 Å². The van der Waals surface area contributed by atoms with Crippen molar-refractivity contribution in [3.05, 3.63) is 55.4 Å². The highest BCUT2D eigenvalue weighted by atomic mass is 79.9. The van der Waals surface area contributed by atoms with Gasteiger partial charge in [0.25, 0.3) is 0 Å². The lowest BCUT2D eigenvalue weighted by Gasteiger charge is -2.19. The van der Waals surface area contributed by atoms with Crippen molar-refractivity contribution in [2.45, 2.75) is 26.8 Å². The van der Waals surface area contributed by atoms with E-state index in [1.165, 1.54) is 5.56 Å².